The summed E-state index contributed by atoms with van der Waals surface area (Å²) in [5, 5.41) is 2.73. The number of rotatable bonds is 4. The summed E-state index contributed by atoms with van der Waals surface area (Å²) in [6, 6.07) is 4.80. The van der Waals surface area contributed by atoms with Crippen LogP contribution in [0, 0.1) is 13.8 Å². The van der Waals surface area contributed by atoms with Gasteiger partial charge in [-0.05, 0) is 44.5 Å². The lowest BCUT2D eigenvalue weighted by Gasteiger charge is -2.05. The average Bonchev–Trinajstić information content (AvgIpc) is 3.05. The number of hydrogen-bond donors (Lipinski definition) is 3. The molecule has 0 fully saturated rings. The Balaban J connectivity index is 1.88. The van der Waals surface area contributed by atoms with Gasteiger partial charge in [-0.15, -0.1) is 0 Å². The van der Waals surface area contributed by atoms with Crippen LogP contribution in [0.4, 0.5) is 5.69 Å². The number of carbonyl (C=O) groups is 2. The van der Waals surface area contributed by atoms with E-state index in [4.69, 9.17) is 9.15 Å². The number of amides is 1. The maximum atomic E-state index is 12.5. The maximum Gasteiger partial charge on any atom is 0.417 e. The van der Waals surface area contributed by atoms with Crippen molar-refractivity contribution in [3.63, 3.8) is 0 Å². The summed E-state index contributed by atoms with van der Waals surface area (Å²) in [6.07, 6.45) is 0. The molecule has 0 aliphatic rings. The van der Waals surface area contributed by atoms with E-state index in [1.807, 2.05) is 0 Å². The van der Waals surface area contributed by atoms with Crippen molar-refractivity contribution >= 4 is 28.7 Å². The van der Waals surface area contributed by atoms with Gasteiger partial charge >= 0.3 is 11.7 Å². The second-order valence-electron chi connectivity index (χ2n) is 5.53. The molecule has 0 aliphatic carbocycles. The molecule has 0 radical (unpaired) electrons. The Morgan fingerprint density at radius 2 is 2.00 bits per heavy atom. The SMILES string of the molecule is CCOC(=O)c1c(C)[nH]c(C(=O)Nc2ccc3oc(=O)[nH]c3c2)c1C. The summed E-state index contributed by atoms with van der Waals surface area (Å²) in [7, 11) is 0. The highest BCUT2D eigenvalue weighted by Gasteiger charge is 2.23. The molecule has 1 aromatic carbocycles. The Labute approximate surface area is 142 Å². The van der Waals surface area contributed by atoms with Gasteiger partial charge in [-0.3, -0.25) is 9.78 Å². The molecule has 8 heteroatoms. The number of ether oxygens (including phenoxy) is 1. The highest BCUT2D eigenvalue weighted by molar-refractivity contribution is 6.07. The Hall–Kier alpha value is -3.29. The van der Waals surface area contributed by atoms with E-state index in [0.717, 1.165) is 0 Å². The van der Waals surface area contributed by atoms with Crippen LogP contribution in [0.5, 0.6) is 0 Å². The summed E-state index contributed by atoms with van der Waals surface area (Å²) in [6.45, 7) is 5.37. The number of aromatic nitrogens is 2. The molecule has 3 rings (SSSR count). The van der Waals surface area contributed by atoms with Crippen LogP contribution in [-0.2, 0) is 4.74 Å². The van der Waals surface area contributed by atoms with Gasteiger partial charge in [0.05, 0.1) is 17.7 Å². The average molecular weight is 343 g/mol. The van der Waals surface area contributed by atoms with Crippen molar-refractivity contribution in [1.29, 1.82) is 0 Å². The van der Waals surface area contributed by atoms with Gasteiger partial charge in [0.2, 0.25) is 0 Å². The van der Waals surface area contributed by atoms with Crippen molar-refractivity contribution in [3.8, 4) is 0 Å². The van der Waals surface area contributed by atoms with Crippen LogP contribution >= 0.6 is 0 Å². The summed E-state index contributed by atoms with van der Waals surface area (Å²) >= 11 is 0. The van der Waals surface area contributed by atoms with Gasteiger partial charge in [0.15, 0.2) is 5.58 Å². The highest BCUT2D eigenvalue weighted by Crippen LogP contribution is 2.21. The first-order chi connectivity index (χ1) is 11.9. The molecule has 2 heterocycles. The second kappa shape index (κ2) is 6.31. The van der Waals surface area contributed by atoms with Crippen LogP contribution < -0.4 is 11.1 Å². The van der Waals surface area contributed by atoms with Crippen molar-refractivity contribution in [2.45, 2.75) is 20.8 Å². The number of esters is 1. The zero-order valence-electron chi connectivity index (χ0n) is 14.0. The number of benzene rings is 1. The first-order valence-electron chi connectivity index (χ1n) is 7.71. The van der Waals surface area contributed by atoms with Gasteiger partial charge in [0.25, 0.3) is 5.91 Å². The zero-order chi connectivity index (χ0) is 18.1. The molecule has 3 aromatic rings. The minimum atomic E-state index is -0.562. The third-order valence-electron chi connectivity index (χ3n) is 3.82. The van der Waals surface area contributed by atoms with Crippen LogP contribution in [0.3, 0.4) is 0 Å². The highest BCUT2D eigenvalue weighted by atomic mass is 16.5. The number of aromatic amines is 2. The van der Waals surface area contributed by atoms with Gasteiger partial charge in [-0.1, -0.05) is 0 Å². The lowest BCUT2D eigenvalue weighted by atomic mass is 10.1. The number of carbonyl (C=O) groups excluding carboxylic acids is 2. The summed E-state index contributed by atoms with van der Waals surface area (Å²) < 4.78 is 9.94. The summed E-state index contributed by atoms with van der Waals surface area (Å²) in [5.74, 6) is -1.43. The van der Waals surface area contributed by atoms with E-state index in [-0.39, 0.29) is 12.3 Å². The lowest BCUT2D eigenvalue weighted by Crippen LogP contribution is -2.14. The van der Waals surface area contributed by atoms with E-state index in [2.05, 4.69) is 15.3 Å². The van der Waals surface area contributed by atoms with Gasteiger partial charge in [-0.25, -0.2) is 9.59 Å². The van der Waals surface area contributed by atoms with E-state index in [0.29, 0.717) is 33.6 Å². The third-order valence-corrected chi connectivity index (χ3v) is 3.82. The lowest BCUT2D eigenvalue weighted by molar-refractivity contribution is 0.0525. The monoisotopic (exact) mass is 343 g/mol. The molecular weight excluding hydrogens is 326 g/mol. The largest absolute Gasteiger partial charge is 0.462 e. The van der Waals surface area contributed by atoms with Crippen LogP contribution in [-0.4, -0.2) is 28.5 Å². The van der Waals surface area contributed by atoms with E-state index in [9.17, 15) is 14.4 Å². The van der Waals surface area contributed by atoms with Crippen molar-refractivity contribution in [1.82, 2.24) is 9.97 Å². The number of nitrogens with one attached hydrogen (secondary N) is 3. The van der Waals surface area contributed by atoms with Crippen molar-refractivity contribution in [3.05, 3.63) is 51.3 Å². The molecule has 0 spiro atoms. The molecule has 0 aliphatic heterocycles. The number of hydrogen-bond acceptors (Lipinski definition) is 5. The van der Waals surface area contributed by atoms with Crippen LogP contribution in [0.15, 0.2) is 27.4 Å². The standard InChI is InChI=1S/C17H17N3O5/c1-4-24-16(22)13-8(2)14(18-9(13)3)15(21)19-10-5-6-12-11(7-10)20-17(23)25-12/h5-7,18H,4H2,1-3H3,(H,19,21)(H,20,23). The molecule has 1 amide bonds. The summed E-state index contributed by atoms with van der Waals surface area (Å²) in [5.41, 5.74) is 3.10. The molecule has 0 saturated carbocycles. The number of H-pyrrole nitrogens is 2. The normalized spacial score (nSPS) is 10.8. The van der Waals surface area contributed by atoms with Crippen molar-refractivity contribution in [2.24, 2.45) is 0 Å². The number of fused-ring (bicyclic) bond motifs is 1. The maximum absolute atomic E-state index is 12.5. The zero-order valence-corrected chi connectivity index (χ0v) is 14.0. The second-order valence-corrected chi connectivity index (χ2v) is 5.53. The van der Waals surface area contributed by atoms with E-state index < -0.39 is 17.6 Å². The Bertz CT molecular complexity index is 1020. The number of aryl methyl sites for hydroxylation is 1. The fourth-order valence-corrected chi connectivity index (χ4v) is 2.71. The number of anilines is 1. The molecule has 0 unspecified atom stereocenters. The van der Waals surface area contributed by atoms with Crippen LogP contribution in [0.2, 0.25) is 0 Å². The van der Waals surface area contributed by atoms with E-state index in [1.165, 1.54) is 0 Å². The fraction of sp³-hybridized carbons (Fsp3) is 0.235. The molecule has 2 aromatic heterocycles. The molecule has 0 saturated heterocycles. The van der Waals surface area contributed by atoms with Crippen molar-refractivity contribution in [2.75, 3.05) is 11.9 Å². The third kappa shape index (κ3) is 3.06. The molecular formula is C17H17N3O5. The van der Waals surface area contributed by atoms with Gasteiger partial charge in [0, 0.05) is 11.4 Å². The Morgan fingerprint density at radius 1 is 1.24 bits per heavy atom. The predicted molar refractivity (Wildman–Crippen MR) is 91.0 cm³/mol. The van der Waals surface area contributed by atoms with Crippen LogP contribution in [0.25, 0.3) is 11.1 Å². The Kier molecular flexibility index (Phi) is 4.18. The van der Waals surface area contributed by atoms with Gasteiger partial charge in [0.1, 0.15) is 5.69 Å². The molecule has 0 bridgehead atoms. The van der Waals surface area contributed by atoms with E-state index >= 15 is 0 Å². The van der Waals surface area contributed by atoms with Gasteiger partial charge < -0.3 is 19.5 Å². The molecule has 25 heavy (non-hydrogen) atoms. The smallest absolute Gasteiger partial charge is 0.417 e. The fourth-order valence-electron chi connectivity index (χ4n) is 2.71. The van der Waals surface area contributed by atoms with Crippen molar-refractivity contribution < 1.29 is 18.7 Å². The van der Waals surface area contributed by atoms with Gasteiger partial charge in [-0.2, -0.15) is 0 Å². The minimum absolute atomic E-state index is 0.257. The topological polar surface area (TPSA) is 117 Å². The molecule has 8 nitrogen and oxygen atoms in total. The molecule has 0 atom stereocenters. The minimum Gasteiger partial charge on any atom is -0.462 e. The quantitative estimate of drug-likeness (QED) is 0.629. The van der Waals surface area contributed by atoms with E-state index in [1.54, 1.807) is 39.0 Å². The first-order valence-corrected chi connectivity index (χ1v) is 7.71. The molecule has 3 N–H and O–H groups in total. The van der Waals surface area contributed by atoms with Crippen LogP contribution in [0.1, 0.15) is 39.0 Å². The first kappa shape index (κ1) is 16.6. The number of oxazole rings is 1. The molecule has 130 valence electrons. The summed E-state index contributed by atoms with van der Waals surface area (Å²) in [4.78, 5) is 41.2. The Morgan fingerprint density at radius 3 is 2.72 bits per heavy atom. The predicted octanol–water partition coefficient (Wildman–Crippen LogP) is 2.50.